The molecule has 1 saturated carbocycles. The second-order valence-corrected chi connectivity index (χ2v) is 6.12. The topological polar surface area (TPSA) is 84.3 Å². The van der Waals surface area contributed by atoms with Gasteiger partial charge < -0.3 is 10.6 Å². The van der Waals surface area contributed by atoms with Gasteiger partial charge in [0, 0.05) is 23.2 Å². The van der Waals surface area contributed by atoms with Crippen molar-refractivity contribution in [2.45, 2.75) is 26.2 Å². The van der Waals surface area contributed by atoms with Crippen LogP contribution in [-0.2, 0) is 4.79 Å². The number of rotatable bonds is 3. The summed E-state index contributed by atoms with van der Waals surface area (Å²) in [5.74, 6) is 0.139. The SMILES string of the molecule is Cc1cc(NC(=O)C2CC23CCNCC3)ccc1[N+](=O)[O-]. The molecule has 1 heterocycles. The molecule has 2 N–H and O–H groups in total. The van der Waals surface area contributed by atoms with E-state index in [1.165, 1.54) is 6.07 Å². The van der Waals surface area contributed by atoms with E-state index in [-0.39, 0.29) is 22.9 Å². The fourth-order valence-corrected chi connectivity index (χ4v) is 3.36. The molecule has 2 aliphatic rings. The van der Waals surface area contributed by atoms with E-state index in [9.17, 15) is 14.9 Å². The molecule has 1 amide bonds. The molecule has 1 saturated heterocycles. The quantitative estimate of drug-likeness (QED) is 0.660. The first-order valence-corrected chi connectivity index (χ1v) is 7.28. The van der Waals surface area contributed by atoms with Crippen molar-refractivity contribution in [2.75, 3.05) is 18.4 Å². The van der Waals surface area contributed by atoms with E-state index in [0.29, 0.717) is 11.3 Å². The molecule has 1 aliphatic heterocycles. The third kappa shape index (κ3) is 2.63. The normalized spacial score (nSPS) is 22.8. The van der Waals surface area contributed by atoms with Crippen molar-refractivity contribution in [2.24, 2.45) is 11.3 Å². The minimum atomic E-state index is -0.411. The lowest BCUT2D eigenvalue weighted by atomic mass is 9.92. The molecule has 1 unspecified atom stereocenters. The molecule has 0 radical (unpaired) electrons. The van der Waals surface area contributed by atoms with E-state index in [1.54, 1.807) is 19.1 Å². The summed E-state index contributed by atoms with van der Waals surface area (Å²) >= 11 is 0. The smallest absolute Gasteiger partial charge is 0.272 e. The van der Waals surface area contributed by atoms with E-state index in [2.05, 4.69) is 10.6 Å². The molecular weight excluding hydrogens is 270 g/mol. The summed E-state index contributed by atoms with van der Waals surface area (Å²) in [5.41, 5.74) is 1.48. The molecule has 0 aromatic heterocycles. The standard InChI is InChI=1S/C15H19N3O3/c1-10-8-11(2-3-13(10)18(20)21)17-14(19)12-9-15(12)4-6-16-7-5-15/h2-3,8,12,16H,4-7,9H2,1H3,(H,17,19). The number of nitro groups is 1. The second kappa shape index (κ2) is 5.11. The third-order valence-electron chi connectivity index (χ3n) is 4.77. The van der Waals surface area contributed by atoms with E-state index >= 15 is 0 Å². The Labute approximate surface area is 123 Å². The summed E-state index contributed by atoms with van der Waals surface area (Å²) in [6.07, 6.45) is 3.08. The van der Waals surface area contributed by atoms with E-state index in [1.807, 2.05) is 0 Å². The maximum atomic E-state index is 12.3. The lowest BCUT2D eigenvalue weighted by molar-refractivity contribution is -0.385. The van der Waals surface area contributed by atoms with Crippen LogP contribution in [0.5, 0.6) is 0 Å². The van der Waals surface area contributed by atoms with Crippen LogP contribution in [0.1, 0.15) is 24.8 Å². The number of anilines is 1. The Balaban J connectivity index is 1.66. The molecule has 1 aliphatic carbocycles. The van der Waals surface area contributed by atoms with Crippen molar-refractivity contribution >= 4 is 17.3 Å². The average Bonchev–Trinajstić information content (AvgIpc) is 3.13. The summed E-state index contributed by atoms with van der Waals surface area (Å²) in [4.78, 5) is 22.7. The van der Waals surface area contributed by atoms with Gasteiger partial charge in [-0.2, -0.15) is 0 Å². The predicted molar refractivity (Wildman–Crippen MR) is 79.1 cm³/mol. The summed E-state index contributed by atoms with van der Waals surface area (Å²) in [7, 11) is 0. The number of benzene rings is 1. The zero-order valence-electron chi connectivity index (χ0n) is 12.0. The van der Waals surface area contributed by atoms with Gasteiger partial charge in [0.05, 0.1) is 4.92 Å². The molecule has 0 bridgehead atoms. The molecule has 2 fully saturated rings. The minimum absolute atomic E-state index is 0.0464. The first kappa shape index (κ1) is 14.0. The monoisotopic (exact) mass is 289 g/mol. The maximum absolute atomic E-state index is 12.3. The third-order valence-corrected chi connectivity index (χ3v) is 4.77. The van der Waals surface area contributed by atoms with Crippen molar-refractivity contribution in [1.29, 1.82) is 0 Å². The minimum Gasteiger partial charge on any atom is -0.326 e. The summed E-state index contributed by atoms with van der Waals surface area (Å²) in [6, 6.07) is 4.70. The molecule has 1 atom stereocenters. The highest BCUT2D eigenvalue weighted by atomic mass is 16.6. The van der Waals surface area contributed by atoms with Crippen LogP contribution in [-0.4, -0.2) is 23.9 Å². The van der Waals surface area contributed by atoms with Crippen LogP contribution in [0.3, 0.4) is 0 Å². The first-order chi connectivity index (χ1) is 10.0. The van der Waals surface area contributed by atoms with Crippen LogP contribution >= 0.6 is 0 Å². The largest absolute Gasteiger partial charge is 0.326 e. The summed E-state index contributed by atoms with van der Waals surface area (Å²) < 4.78 is 0. The van der Waals surface area contributed by atoms with Gasteiger partial charge in [0.25, 0.3) is 5.69 Å². The predicted octanol–water partition coefficient (Wildman–Crippen LogP) is 2.23. The molecule has 21 heavy (non-hydrogen) atoms. The van der Waals surface area contributed by atoms with E-state index < -0.39 is 4.92 Å². The van der Waals surface area contributed by atoms with Gasteiger partial charge in [-0.25, -0.2) is 0 Å². The molecule has 6 nitrogen and oxygen atoms in total. The second-order valence-electron chi connectivity index (χ2n) is 6.12. The molecule has 6 heteroatoms. The highest BCUT2D eigenvalue weighted by molar-refractivity contribution is 5.95. The van der Waals surface area contributed by atoms with Crippen LogP contribution in [0, 0.1) is 28.4 Å². The van der Waals surface area contributed by atoms with Gasteiger partial charge in [0.2, 0.25) is 5.91 Å². The molecule has 112 valence electrons. The van der Waals surface area contributed by atoms with Gasteiger partial charge in [-0.3, -0.25) is 14.9 Å². The van der Waals surface area contributed by atoms with Crippen molar-refractivity contribution in [1.82, 2.24) is 5.32 Å². The highest BCUT2D eigenvalue weighted by Gasteiger charge is 2.57. The number of piperidine rings is 1. The first-order valence-electron chi connectivity index (χ1n) is 7.28. The van der Waals surface area contributed by atoms with Gasteiger partial charge in [0.15, 0.2) is 0 Å². The van der Waals surface area contributed by atoms with Gasteiger partial charge in [0.1, 0.15) is 0 Å². The van der Waals surface area contributed by atoms with Crippen LogP contribution in [0.15, 0.2) is 18.2 Å². The fraction of sp³-hybridized carbons (Fsp3) is 0.533. The van der Waals surface area contributed by atoms with Crippen molar-refractivity contribution in [3.8, 4) is 0 Å². The van der Waals surface area contributed by atoms with Gasteiger partial charge in [-0.15, -0.1) is 0 Å². The van der Waals surface area contributed by atoms with Crippen LogP contribution in [0.4, 0.5) is 11.4 Å². The highest BCUT2D eigenvalue weighted by Crippen LogP contribution is 2.58. The Hall–Kier alpha value is -1.95. The van der Waals surface area contributed by atoms with Crippen LogP contribution in [0.2, 0.25) is 0 Å². The fourth-order valence-electron chi connectivity index (χ4n) is 3.36. The number of nitro benzene ring substituents is 1. The Morgan fingerprint density at radius 1 is 1.43 bits per heavy atom. The Morgan fingerprint density at radius 3 is 2.76 bits per heavy atom. The number of hydrogen-bond donors (Lipinski definition) is 2. The average molecular weight is 289 g/mol. The lowest BCUT2D eigenvalue weighted by Gasteiger charge is -2.23. The Bertz CT molecular complexity index is 594. The number of aryl methyl sites for hydroxylation is 1. The van der Waals surface area contributed by atoms with E-state index in [4.69, 9.17) is 0 Å². The number of hydrogen-bond acceptors (Lipinski definition) is 4. The van der Waals surface area contributed by atoms with Crippen LogP contribution in [0.25, 0.3) is 0 Å². The van der Waals surface area contributed by atoms with E-state index in [0.717, 1.165) is 32.4 Å². The molecule has 1 spiro atoms. The van der Waals surface area contributed by atoms with Gasteiger partial charge >= 0.3 is 0 Å². The maximum Gasteiger partial charge on any atom is 0.272 e. The number of carbonyl (C=O) groups is 1. The number of nitrogens with zero attached hydrogens (tertiary/aromatic N) is 1. The Kier molecular flexibility index (Phi) is 3.41. The Morgan fingerprint density at radius 2 is 2.14 bits per heavy atom. The van der Waals surface area contributed by atoms with Crippen LogP contribution < -0.4 is 10.6 Å². The van der Waals surface area contributed by atoms with Crippen molar-refractivity contribution in [3.05, 3.63) is 33.9 Å². The summed E-state index contributed by atoms with van der Waals surface area (Å²) in [5, 5.41) is 17.0. The zero-order chi connectivity index (χ0) is 15.0. The molecule has 1 aromatic carbocycles. The number of carbonyl (C=O) groups excluding carboxylic acids is 1. The van der Waals surface area contributed by atoms with Gasteiger partial charge in [-0.1, -0.05) is 0 Å². The number of nitrogens with one attached hydrogen (secondary N) is 2. The van der Waals surface area contributed by atoms with Crippen molar-refractivity contribution in [3.63, 3.8) is 0 Å². The zero-order valence-corrected chi connectivity index (χ0v) is 12.0. The van der Waals surface area contributed by atoms with Gasteiger partial charge in [-0.05, 0) is 56.8 Å². The summed E-state index contributed by atoms with van der Waals surface area (Å²) in [6.45, 7) is 3.65. The van der Waals surface area contributed by atoms with Crippen molar-refractivity contribution < 1.29 is 9.72 Å². The molecular formula is C15H19N3O3. The molecule has 3 rings (SSSR count). The lowest BCUT2D eigenvalue weighted by Crippen LogP contribution is -2.31. The number of amides is 1. The molecule has 1 aromatic rings.